The minimum absolute atomic E-state index is 0.198. The summed E-state index contributed by atoms with van der Waals surface area (Å²) < 4.78 is 18.9. The van der Waals surface area contributed by atoms with Crippen molar-refractivity contribution >= 4 is 29.0 Å². The summed E-state index contributed by atoms with van der Waals surface area (Å²) in [5.74, 6) is 0.134. The van der Waals surface area contributed by atoms with Crippen LogP contribution in [-0.4, -0.2) is 40.0 Å². The normalized spacial score (nSPS) is 10.2. The average molecular weight is 470 g/mol. The fraction of sp³-hybridized carbons (Fsp3) is 0.0833. The molecule has 0 atom stereocenters. The van der Waals surface area contributed by atoms with Crippen LogP contribution in [0.5, 0.6) is 5.75 Å². The predicted molar refractivity (Wildman–Crippen MR) is 127 cm³/mol. The maximum atomic E-state index is 13.3. The number of ether oxygens (including phenoxy) is 1. The van der Waals surface area contributed by atoms with E-state index in [4.69, 9.17) is 10.00 Å². The number of carbonyl (C=O) groups excluding carboxylic acids is 1. The molecule has 3 N–H and O–H groups in total. The van der Waals surface area contributed by atoms with Crippen LogP contribution >= 0.6 is 0 Å². The molecule has 174 valence electrons. The predicted octanol–water partition coefficient (Wildman–Crippen LogP) is 3.80. The molecule has 1 amide bonds. The lowest BCUT2D eigenvalue weighted by Gasteiger charge is -2.16. The maximum Gasteiger partial charge on any atom is 0.256 e. The number of hydrogen-bond acceptors (Lipinski definition) is 9. The lowest BCUT2D eigenvalue weighted by atomic mass is 10.1. The first kappa shape index (κ1) is 23.1. The van der Waals surface area contributed by atoms with E-state index in [9.17, 15) is 9.18 Å². The quantitative estimate of drug-likeness (QED) is 0.368. The van der Waals surface area contributed by atoms with E-state index in [1.165, 1.54) is 20.4 Å². The molecule has 0 aliphatic carbocycles. The van der Waals surface area contributed by atoms with Crippen LogP contribution in [-0.2, 0) is 0 Å². The second-order valence-corrected chi connectivity index (χ2v) is 7.09. The number of hydrogen-bond donors (Lipinski definition) is 3. The van der Waals surface area contributed by atoms with Crippen molar-refractivity contribution in [1.29, 1.82) is 5.26 Å². The molecule has 2 aromatic heterocycles. The van der Waals surface area contributed by atoms with Crippen molar-refractivity contribution in [3.8, 4) is 23.2 Å². The number of anilines is 4. The van der Waals surface area contributed by atoms with Gasteiger partial charge in [-0.25, -0.2) is 19.3 Å². The zero-order valence-electron chi connectivity index (χ0n) is 18.7. The van der Waals surface area contributed by atoms with Crippen LogP contribution in [0.1, 0.15) is 15.9 Å². The summed E-state index contributed by atoms with van der Waals surface area (Å²) in [5, 5.41) is 17.7. The molecule has 4 aromatic rings. The van der Waals surface area contributed by atoms with E-state index in [1.807, 2.05) is 0 Å². The molecule has 2 aromatic carbocycles. The molecule has 0 radical (unpaired) electrons. The second-order valence-electron chi connectivity index (χ2n) is 7.09. The first-order valence-electron chi connectivity index (χ1n) is 10.3. The minimum atomic E-state index is -0.555. The molecule has 0 bridgehead atoms. The topological polar surface area (TPSA) is 138 Å². The highest BCUT2D eigenvalue weighted by atomic mass is 19.1. The molecule has 0 spiro atoms. The molecule has 10 nitrogen and oxygen atoms in total. The number of nitrogens with zero attached hydrogens (tertiary/aromatic N) is 5. The number of benzene rings is 2. The Morgan fingerprint density at radius 3 is 2.43 bits per heavy atom. The standard InChI is InChI=1S/C24H19FN8O2/c1-27-23(34)18-13-30-24(31-16-8-6-14(10-26)7-9-16)33-22(18)32-19-5-3-4-17(20(19)35-2)21-28-11-15(25)12-29-21/h3-9,11-13H,1-2H3,(H,27,34)(H2,30,31,32,33). The highest BCUT2D eigenvalue weighted by Gasteiger charge is 2.18. The maximum absolute atomic E-state index is 13.3. The summed E-state index contributed by atoms with van der Waals surface area (Å²) in [5.41, 5.74) is 2.38. The molecule has 0 aliphatic heterocycles. The summed E-state index contributed by atoms with van der Waals surface area (Å²) in [6.45, 7) is 0. The summed E-state index contributed by atoms with van der Waals surface area (Å²) >= 11 is 0. The van der Waals surface area contributed by atoms with Crippen LogP contribution in [0.25, 0.3) is 11.4 Å². The van der Waals surface area contributed by atoms with E-state index < -0.39 is 11.7 Å². The second kappa shape index (κ2) is 10.2. The Labute approximate surface area is 199 Å². The zero-order chi connectivity index (χ0) is 24.8. The van der Waals surface area contributed by atoms with Crippen LogP contribution in [0.15, 0.2) is 61.1 Å². The van der Waals surface area contributed by atoms with Gasteiger partial charge in [0.05, 0.1) is 42.4 Å². The lowest BCUT2D eigenvalue weighted by Crippen LogP contribution is -2.20. The van der Waals surface area contributed by atoms with Crippen LogP contribution in [0.3, 0.4) is 0 Å². The molecule has 0 aliphatic rings. The van der Waals surface area contributed by atoms with E-state index in [1.54, 1.807) is 42.5 Å². The molecule has 35 heavy (non-hydrogen) atoms. The third-order valence-electron chi connectivity index (χ3n) is 4.86. The van der Waals surface area contributed by atoms with E-state index >= 15 is 0 Å². The van der Waals surface area contributed by atoms with Crippen LogP contribution in [0.2, 0.25) is 0 Å². The Kier molecular flexibility index (Phi) is 6.73. The zero-order valence-corrected chi connectivity index (χ0v) is 18.7. The van der Waals surface area contributed by atoms with Gasteiger partial charge in [0.15, 0.2) is 17.4 Å². The Morgan fingerprint density at radius 1 is 1.03 bits per heavy atom. The summed E-state index contributed by atoms with van der Waals surface area (Å²) in [4.78, 5) is 29.2. The fourth-order valence-corrected chi connectivity index (χ4v) is 3.21. The highest BCUT2D eigenvalue weighted by Crippen LogP contribution is 2.36. The van der Waals surface area contributed by atoms with E-state index in [2.05, 4.69) is 42.0 Å². The number of carbonyl (C=O) groups is 1. The number of methoxy groups -OCH3 is 1. The number of aromatic nitrogens is 4. The number of halogens is 1. The van der Waals surface area contributed by atoms with Gasteiger partial charge in [0, 0.05) is 18.9 Å². The first-order chi connectivity index (χ1) is 17.0. The van der Waals surface area contributed by atoms with Crippen LogP contribution in [0, 0.1) is 17.1 Å². The van der Waals surface area contributed by atoms with Gasteiger partial charge in [-0.15, -0.1) is 0 Å². The van der Waals surface area contributed by atoms with Crippen molar-refractivity contribution in [3.63, 3.8) is 0 Å². The van der Waals surface area contributed by atoms with Gasteiger partial charge >= 0.3 is 0 Å². The number of nitriles is 1. The number of rotatable bonds is 7. The molecular weight excluding hydrogens is 451 g/mol. The van der Waals surface area contributed by atoms with Crippen LogP contribution in [0.4, 0.5) is 27.5 Å². The molecule has 2 heterocycles. The molecule has 11 heteroatoms. The Morgan fingerprint density at radius 2 is 1.77 bits per heavy atom. The Balaban J connectivity index is 1.72. The molecule has 0 saturated heterocycles. The average Bonchev–Trinajstić information content (AvgIpc) is 2.89. The van der Waals surface area contributed by atoms with Crippen molar-refractivity contribution in [1.82, 2.24) is 25.3 Å². The lowest BCUT2D eigenvalue weighted by molar-refractivity contribution is 0.0963. The van der Waals surface area contributed by atoms with Crippen molar-refractivity contribution in [2.45, 2.75) is 0 Å². The molecule has 4 rings (SSSR count). The van der Waals surface area contributed by atoms with Gasteiger partial charge in [-0.1, -0.05) is 6.07 Å². The van der Waals surface area contributed by atoms with E-state index in [0.29, 0.717) is 28.3 Å². The number of para-hydroxylation sites is 1. The van der Waals surface area contributed by atoms with Crippen molar-refractivity contribution < 1.29 is 13.9 Å². The summed E-state index contributed by atoms with van der Waals surface area (Å²) in [6, 6.07) is 14.0. The van der Waals surface area contributed by atoms with Gasteiger partial charge in [-0.3, -0.25) is 4.79 Å². The highest BCUT2D eigenvalue weighted by molar-refractivity contribution is 5.99. The largest absolute Gasteiger partial charge is 0.494 e. The van der Waals surface area contributed by atoms with Crippen LogP contribution < -0.4 is 20.7 Å². The Bertz CT molecular complexity index is 1400. The minimum Gasteiger partial charge on any atom is -0.494 e. The first-order valence-corrected chi connectivity index (χ1v) is 10.3. The van der Waals surface area contributed by atoms with Crippen molar-refractivity contribution in [2.24, 2.45) is 0 Å². The van der Waals surface area contributed by atoms with Gasteiger partial charge in [0.2, 0.25) is 5.95 Å². The SMILES string of the molecule is CNC(=O)c1cnc(Nc2ccc(C#N)cc2)nc1Nc1cccc(-c2ncc(F)cn2)c1OC. The van der Waals surface area contributed by atoms with Gasteiger partial charge in [0.25, 0.3) is 5.91 Å². The number of amides is 1. The van der Waals surface area contributed by atoms with E-state index in [-0.39, 0.29) is 23.2 Å². The molecule has 0 saturated carbocycles. The summed E-state index contributed by atoms with van der Waals surface area (Å²) in [6.07, 6.45) is 3.52. The van der Waals surface area contributed by atoms with Gasteiger partial charge < -0.3 is 20.7 Å². The number of nitrogens with one attached hydrogen (secondary N) is 3. The molecular formula is C24H19FN8O2. The van der Waals surface area contributed by atoms with Gasteiger partial charge in [-0.05, 0) is 36.4 Å². The molecule has 0 fully saturated rings. The third-order valence-corrected chi connectivity index (χ3v) is 4.86. The van der Waals surface area contributed by atoms with Gasteiger partial charge in [-0.2, -0.15) is 10.2 Å². The molecule has 0 unspecified atom stereocenters. The van der Waals surface area contributed by atoms with Crippen molar-refractivity contribution in [3.05, 3.63) is 78.0 Å². The third kappa shape index (κ3) is 5.12. The Hall–Kier alpha value is -5.11. The fourth-order valence-electron chi connectivity index (χ4n) is 3.21. The van der Waals surface area contributed by atoms with E-state index in [0.717, 1.165) is 12.4 Å². The summed E-state index contributed by atoms with van der Waals surface area (Å²) in [7, 11) is 2.98. The van der Waals surface area contributed by atoms with Crippen molar-refractivity contribution in [2.75, 3.05) is 24.8 Å². The monoisotopic (exact) mass is 470 g/mol. The van der Waals surface area contributed by atoms with Gasteiger partial charge in [0.1, 0.15) is 11.4 Å². The smallest absolute Gasteiger partial charge is 0.256 e.